The van der Waals surface area contributed by atoms with E-state index in [0.717, 1.165) is 13.0 Å². The number of hydrogen-bond acceptors (Lipinski definition) is 4. The highest BCUT2D eigenvalue weighted by atomic mass is 32.2. The molecule has 1 aliphatic rings. The predicted molar refractivity (Wildman–Crippen MR) is 73.3 cm³/mol. The number of nitrogens with zero attached hydrogens (tertiary/aromatic N) is 3. The Morgan fingerprint density at radius 2 is 2.32 bits per heavy atom. The number of aromatic nitrogens is 2. The average Bonchev–Trinajstić information content (AvgIpc) is 2.84. The van der Waals surface area contributed by atoms with Gasteiger partial charge in [-0.3, -0.25) is 0 Å². The fourth-order valence-electron chi connectivity index (χ4n) is 2.38. The van der Waals surface area contributed by atoms with Crippen molar-refractivity contribution >= 4 is 10.0 Å². The highest BCUT2D eigenvalue weighted by molar-refractivity contribution is 7.89. The van der Waals surface area contributed by atoms with Crippen LogP contribution in [-0.4, -0.2) is 48.0 Å². The zero-order valence-corrected chi connectivity index (χ0v) is 12.4. The maximum absolute atomic E-state index is 12.5. The molecule has 7 heteroatoms. The van der Waals surface area contributed by atoms with Crippen molar-refractivity contribution in [3.8, 4) is 0 Å². The zero-order chi connectivity index (χ0) is 13.9. The van der Waals surface area contributed by atoms with Crippen molar-refractivity contribution in [1.29, 1.82) is 0 Å². The number of nitrogens with one attached hydrogen (secondary N) is 1. The molecule has 1 unspecified atom stereocenters. The molecule has 1 fully saturated rings. The Morgan fingerprint density at radius 1 is 1.53 bits per heavy atom. The van der Waals surface area contributed by atoms with Crippen molar-refractivity contribution in [2.24, 2.45) is 7.05 Å². The van der Waals surface area contributed by atoms with Gasteiger partial charge in [-0.05, 0) is 19.4 Å². The van der Waals surface area contributed by atoms with Gasteiger partial charge in [0.1, 0.15) is 0 Å². The van der Waals surface area contributed by atoms with Gasteiger partial charge in [-0.2, -0.15) is 4.31 Å². The Bertz CT molecular complexity index is 506. The first-order chi connectivity index (χ1) is 9.04. The molecule has 0 spiro atoms. The van der Waals surface area contributed by atoms with Crippen LogP contribution >= 0.6 is 0 Å². The summed E-state index contributed by atoms with van der Waals surface area (Å²) in [4.78, 5) is 3.96. The summed E-state index contributed by atoms with van der Waals surface area (Å²) in [6.07, 6.45) is 6.44. The molecule has 0 aliphatic carbocycles. The molecule has 1 aliphatic heterocycles. The molecule has 1 aromatic rings. The molecular weight excluding hydrogens is 264 g/mol. The molecule has 0 radical (unpaired) electrons. The van der Waals surface area contributed by atoms with Crippen molar-refractivity contribution in [2.45, 2.75) is 37.3 Å². The van der Waals surface area contributed by atoms with E-state index >= 15 is 0 Å². The van der Waals surface area contributed by atoms with Crippen LogP contribution in [0.25, 0.3) is 0 Å². The van der Waals surface area contributed by atoms with Crippen molar-refractivity contribution < 1.29 is 8.42 Å². The molecule has 1 aromatic heterocycles. The van der Waals surface area contributed by atoms with Crippen LogP contribution < -0.4 is 5.32 Å². The number of aryl methyl sites for hydroxylation is 1. The molecule has 6 nitrogen and oxygen atoms in total. The highest BCUT2D eigenvalue weighted by Gasteiger charge is 2.28. The second-order valence-electron chi connectivity index (χ2n) is 4.98. The second kappa shape index (κ2) is 6.02. The number of rotatable bonds is 5. The van der Waals surface area contributed by atoms with Crippen molar-refractivity contribution in [3.63, 3.8) is 0 Å². The minimum atomic E-state index is -3.47. The predicted octanol–water partition coefficient (Wildman–Crippen LogP) is 0.573. The van der Waals surface area contributed by atoms with Gasteiger partial charge in [-0.25, -0.2) is 13.4 Å². The van der Waals surface area contributed by atoms with E-state index in [2.05, 4.69) is 10.3 Å². The summed E-state index contributed by atoms with van der Waals surface area (Å²) in [6.45, 7) is 3.83. The molecule has 0 amide bonds. The Kier molecular flexibility index (Phi) is 4.59. The number of likely N-dealkylation sites (N-methyl/N-ethyl adjacent to an activating group) is 1. The minimum Gasteiger partial charge on any atom is -0.339 e. The monoisotopic (exact) mass is 286 g/mol. The molecular formula is C12H22N4O2S. The first-order valence-electron chi connectivity index (χ1n) is 6.75. The third-order valence-electron chi connectivity index (χ3n) is 3.47. The molecule has 108 valence electrons. The van der Waals surface area contributed by atoms with Gasteiger partial charge in [0, 0.05) is 32.4 Å². The summed E-state index contributed by atoms with van der Waals surface area (Å²) in [6, 6.07) is 0.257. The first-order valence-corrected chi connectivity index (χ1v) is 8.19. The molecule has 0 saturated carbocycles. The molecule has 2 rings (SSSR count). The van der Waals surface area contributed by atoms with Gasteiger partial charge in [0.25, 0.3) is 10.0 Å². The highest BCUT2D eigenvalue weighted by Crippen LogP contribution is 2.16. The van der Waals surface area contributed by atoms with E-state index in [1.807, 2.05) is 6.92 Å². The maximum Gasteiger partial charge on any atom is 0.262 e. The smallest absolute Gasteiger partial charge is 0.262 e. The third kappa shape index (κ3) is 3.34. The zero-order valence-electron chi connectivity index (χ0n) is 11.5. The van der Waals surface area contributed by atoms with E-state index in [1.54, 1.807) is 17.8 Å². The van der Waals surface area contributed by atoms with E-state index < -0.39 is 10.0 Å². The third-order valence-corrected chi connectivity index (χ3v) is 5.30. The van der Waals surface area contributed by atoms with Crippen LogP contribution in [0.15, 0.2) is 17.6 Å². The summed E-state index contributed by atoms with van der Waals surface area (Å²) in [7, 11) is -1.70. The molecule has 1 saturated heterocycles. The Labute approximate surface area is 114 Å². The molecule has 19 heavy (non-hydrogen) atoms. The van der Waals surface area contributed by atoms with Crippen LogP contribution in [0, 0.1) is 0 Å². The first kappa shape index (κ1) is 14.5. The summed E-state index contributed by atoms with van der Waals surface area (Å²) in [5.41, 5.74) is 0. The molecule has 2 heterocycles. The van der Waals surface area contributed by atoms with Crippen LogP contribution in [0.4, 0.5) is 0 Å². The van der Waals surface area contributed by atoms with Gasteiger partial charge in [-0.15, -0.1) is 0 Å². The number of sulfonamides is 1. The van der Waals surface area contributed by atoms with Crippen LogP contribution in [0.5, 0.6) is 0 Å². The van der Waals surface area contributed by atoms with Crippen LogP contribution in [0.1, 0.15) is 26.2 Å². The fourth-order valence-corrected chi connectivity index (χ4v) is 3.84. The lowest BCUT2D eigenvalue weighted by Crippen LogP contribution is -2.45. The van der Waals surface area contributed by atoms with Crippen molar-refractivity contribution in [1.82, 2.24) is 19.2 Å². The van der Waals surface area contributed by atoms with Gasteiger partial charge in [0.2, 0.25) is 0 Å². The average molecular weight is 286 g/mol. The standard InChI is InChI=1S/C12H22N4O2S/c1-3-16(8-11-6-4-5-7-13-11)19(17,18)12-9-15(2)10-14-12/h9-11,13H,3-8H2,1-2H3. The quantitative estimate of drug-likeness (QED) is 0.859. The van der Waals surface area contributed by atoms with Crippen LogP contribution in [-0.2, 0) is 17.1 Å². The van der Waals surface area contributed by atoms with Gasteiger partial charge in [0.15, 0.2) is 5.03 Å². The Balaban J connectivity index is 2.11. The second-order valence-corrected chi connectivity index (χ2v) is 6.86. The lowest BCUT2D eigenvalue weighted by molar-refractivity contribution is 0.319. The van der Waals surface area contributed by atoms with Gasteiger partial charge in [0.05, 0.1) is 6.33 Å². The van der Waals surface area contributed by atoms with E-state index in [1.165, 1.54) is 23.5 Å². The summed E-state index contributed by atoms with van der Waals surface area (Å²) in [5.74, 6) is 0. The maximum atomic E-state index is 12.5. The summed E-state index contributed by atoms with van der Waals surface area (Å²) in [5, 5.41) is 3.51. The van der Waals surface area contributed by atoms with E-state index in [9.17, 15) is 8.42 Å². The Hall–Kier alpha value is -0.920. The lowest BCUT2D eigenvalue weighted by atomic mass is 10.1. The van der Waals surface area contributed by atoms with Crippen LogP contribution in [0.2, 0.25) is 0 Å². The Morgan fingerprint density at radius 3 is 2.84 bits per heavy atom. The SMILES string of the molecule is CCN(CC1CCCCN1)S(=O)(=O)c1cn(C)cn1. The molecule has 1 N–H and O–H groups in total. The largest absolute Gasteiger partial charge is 0.339 e. The molecule has 0 aromatic carbocycles. The number of imidazole rings is 1. The molecule has 0 bridgehead atoms. The minimum absolute atomic E-state index is 0.132. The summed E-state index contributed by atoms with van der Waals surface area (Å²) < 4.78 is 28.1. The topological polar surface area (TPSA) is 67.2 Å². The fraction of sp³-hybridized carbons (Fsp3) is 0.750. The van der Waals surface area contributed by atoms with Gasteiger partial charge >= 0.3 is 0 Å². The van der Waals surface area contributed by atoms with E-state index in [-0.39, 0.29) is 11.1 Å². The molecule has 1 atom stereocenters. The van der Waals surface area contributed by atoms with Crippen LogP contribution in [0.3, 0.4) is 0 Å². The van der Waals surface area contributed by atoms with Gasteiger partial charge in [-0.1, -0.05) is 13.3 Å². The van der Waals surface area contributed by atoms with E-state index in [4.69, 9.17) is 0 Å². The van der Waals surface area contributed by atoms with Crippen molar-refractivity contribution in [3.05, 3.63) is 12.5 Å². The normalized spacial score (nSPS) is 20.9. The summed E-state index contributed by atoms with van der Waals surface area (Å²) >= 11 is 0. The van der Waals surface area contributed by atoms with Crippen molar-refractivity contribution in [2.75, 3.05) is 19.6 Å². The number of hydrogen-bond donors (Lipinski definition) is 1. The number of piperidine rings is 1. The lowest BCUT2D eigenvalue weighted by Gasteiger charge is -2.28. The van der Waals surface area contributed by atoms with E-state index in [0.29, 0.717) is 13.1 Å². The van der Waals surface area contributed by atoms with Gasteiger partial charge < -0.3 is 9.88 Å².